The van der Waals surface area contributed by atoms with Crippen molar-refractivity contribution in [1.29, 1.82) is 0 Å². The van der Waals surface area contributed by atoms with Gasteiger partial charge in [-0.1, -0.05) is 24.3 Å². The number of carbonyl (C=O) groups is 1. The summed E-state index contributed by atoms with van der Waals surface area (Å²) in [5, 5.41) is 15.5. The molecule has 1 saturated heterocycles. The van der Waals surface area contributed by atoms with Crippen LogP contribution in [0.15, 0.2) is 59.1 Å². The molecule has 1 amide bonds. The molecule has 1 unspecified atom stereocenters. The minimum absolute atomic E-state index is 0. The van der Waals surface area contributed by atoms with E-state index in [1.165, 1.54) is 18.3 Å². The molecular formula is C28H35FN7O5P. The van der Waals surface area contributed by atoms with Gasteiger partial charge in [0.05, 0.1) is 33.0 Å². The van der Waals surface area contributed by atoms with Gasteiger partial charge in [0, 0.05) is 45.3 Å². The largest absolute Gasteiger partial charge is 0.414 e. The van der Waals surface area contributed by atoms with E-state index in [0.717, 1.165) is 18.5 Å². The van der Waals surface area contributed by atoms with E-state index in [4.69, 9.17) is 19.9 Å². The Balaban J connectivity index is 0.000000954. The number of hydrogen-bond acceptors (Lipinski definition) is 11. The van der Waals surface area contributed by atoms with E-state index in [1.54, 1.807) is 17.9 Å². The molecule has 1 fully saturated rings. The number of halogens is 1. The molecule has 2 aromatic carbocycles. The smallest absolute Gasteiger partial charge is 0.270 e. The molecule has 12 nitrogen and oxygen atoms in total. The first-order valence-corrected chi connectivity index (χ1v) is 14.3. The number of carbonyl (C=O) groups excluding carboxylic acids is 1. The van der Waals surface area contributed by atoms with Crippen LogP contribution >= 0.6 is 8.96 Å². The van der Waals surface area contributed by atoms with Crippen LogP contribution in [0, 0.1) is 5.82 Å². The van der Waals surface area contributed by atoms with Crippen molar-refractivity contribution >= 4 is 20.7 Å². The Bertz CT molecular complexity index is 1460. The molecule has 1 atom stereocenters. The maximum Gasteiger partial charge on any atom is 0.270 e. The average molecular weight is 600 g/mol. The minimum atomic E-state index is -0.630. The third-order valence-corrected chi connectivity index (χ3v) is 7.32. The Hall–Kier alpha value is -3.87. The van der Waals surface area contributed by atoms with Crippen molar-refractivity contribution in [2.24, 2.45) is 0 Å². The lowest BCUT2D eigenvalue weighted by atomic mass is 10.1. The molecule has 0 aliphatic carbocycles. The minimum Gasteiger partial charge on any atom is -0.414 e. The number of hydrogen-bond donors (Lipinski definition) is 2. The first kappa shape index (κ1) is 31.1. The van der Waals surface area contributed by atoms with Crippen LogP contribution in [0.4, 0.5) is 10.2 Å². The Morgan fingerprint density at radius 3 is 2.55 bits per heavy atom. The predicted molar refractivity (Wildman–Crippen MR) is 159 cm³/mol. The summed E-state index contributed by atoms with van der Waals surface area (Å²) in [7, 11) is 0.272. The maximum atomic E-state index is 15.2. The number of rotatable bonds is 8. The second kappa shape index (κ2) is 15.4. The van der Waals surface area contributed by atoms with E-state index < -0.39 is 5.82 Å². The fourth-order valence-corrected chi connectivity index (χ4v) is 4.85. The number of amides is 1. The van der Waals surface area contributed by atoms with Crippen molar-refractivity contribution in [3.63, 3.8) is 0 Å². The molecule has 0 bridgehead atoms. The maximum absolute atomic E-state index is 15.2. The van der Waals surface area contributed by atoms with Gasteiger partial charge in [-0.05, 0) is 44.5 Å². The van der Waals surface area contributed by atoms with E-state index in [-0.39, 0.29) is 39.3 Å². The summed E-state index contributed by atoms with van der Waals surface area (Å²) < 4.78 is 28.6. The second-order valence-corrected chi connectivity index (χ2v) is 10.1. The van der Waals surface area contributed by atoms with Crippen LogP contribution in [-0.4, -0.2) is 80.3 Å². The fraction of sp³-hybridized carbons (Fsp3) is 0.321. The van der Waals surface area contributed by atoms with E-state index in [9.17, 15) is 4.79 Å². The molecule has 4 aromatic rings. The predicted octanol–water partition coefficient (Wildman–Crippen LogP) is 5.02. The highest BCUT2D eigenvalue weighted by Gasteiger charge is 2.24. The van der Waals surface area contributed by atoms with Gasteiger partial charge in [-0.3, -0.25) is 14.7 Å². The van der Waals surface area contributed by atoms with Crippen molar-refractivity contribution < 1.29 is 29.7 Å². The quantitative estimate of drug-likeness (QED) is 0.160. The highest BCUT2D eigenvalue weighted by molar-refractivity contribution is 7.29. The third-order valence-electron chi connectivity index (χ3n) is 6.19. The standard InChI is InChI=1S/C26H27FN7O3P.C2H6O2.H2/c1-2-36-38-34-12-6-11-33(13-14-34)26(35)19-10-9-18(15-20(19)27)21-16-29-23(28)22(30-21)25-32-31-24(37-25)17-7-4-3-5-8-17;1-2-4-3;/h3-5,7-10,15-16,38H,2,6,11-14H2,1H3,(H2,28,29);3H,2H2,1H3;1H. The van der Waals surface area contributed by atoms with Gasteiger partial charge in [0.1, 0.15) is 5.82 Å². The molecule has 0 spiro atoms. The summed E-state index contributed by atoms with van der Waals surface area (Å²) in [5.41, 5.74) is 7.80. The van der Waals surface area contributed by atoms with Gasteiger partial charge < -0.3 is 19.6 Å². The number of benzene rings is 2. The molecule has 0 saturated carbocycles. The molecule has 42 heavy (non-hydrogen) atoms. The Labute approximate surface area is 246 Å². The molecule has 1 aliphatic rings. The fourth-order valence-electron chi connectivity index (χ4n) is 4.10. The lowest BCUT2D eigenvalue weighted by Gasteiger charge is -2.22. The van der Waals surface area contributed by atoms with E-state index in [1.807, 2.05) is 37.3 Å². The lowest BCUT2D eigenvalue weighted by Crippen LogP contribution is -2.34. The van der Waals surface area contributed by atoms with Crippen LogP contribution in [0.2, 0.25) is 0 Å². The Morgan fingerprint density at radius 1 is 1.07 bits per heavy atom. The van der Waals surface area contributed by atoms with Crippen LogP contribution < -0.4 is 5.73 Å². The molecule has 3 heterocycles. The monoisotopic (exact) mass is 599 g/mol. The van der Waals surface area contributed by atoms with Crippen LogP contribution in [0.5, 0.6) is 0 Å². The summed E-state index contributed by atoms with van der Waals surface area (Å²) in [4.78, 5) is 27.0. The van der Waals surface area contributed by atoms with Crippen molar-refractivity contribution in [3.8, 4) is 34.3 Å². The normalized spacial score (nSPS) is 14.0. The highest BCUT2D eigenvalue weighted by Crippen LogP contribution is 2.29. The van der Waals surface area contributed by atoms with Crippen LogP contribution in [0.3, 0.4) is 0 Å². The molecule has 5 rings (SSSR count). The highest BCUT2D eigenvalue weighted by atomic mass is 31.1. The summed E-state index contributed by atoms with van der Waals surface area (Å²) >= 11 is 0. The van der Waals surface area contributed by atoms with Crippen LogP contribution in [0.1, 0.15) is 32.1 Å². The van der Waals surface area contributed by atoms with E-state index >= 15 is 4.39 Å². The van der Waals surface area contributed by atoms with E-state index in [2.05, 4.69) is 29.7 Å². The zero-order chi connectivity index (χ0) is 29.9. The number of anilines is 1. The average Bonchev–Trinajstić information content (AvgIpc) is 3.39. The molecule has 1 aliphatic heterocycles. The number of nitrogen functional groups attached to an aromatic ring is 1. The first-order valence-electron chi connectivity index (χ1n) is 13.4. The van der Waals surface area contributed by atoms with Gasteiger partial charge in [-0.15, -0.1) is 10.2 Å². The van der Waals surface area contributed by atoms with Gasteiger partial charge in [0.15, 0.2) is 11.5 Å². The Morgan fingerprint density at radius 2 is 1.83 bits per heavy atom. The topological polar surface area (TPSA) is 153 Å². The zero-order valence-electron chi connectivity index (χ0n) is 23.4. The van der Waals surface area contributed by atoms with Crippen molar-refractivity contribution in [1.82, 2.24) is 29.7 Å². The number of aromatic nitrogens is 4. The molecule has 224 valence electrons. The Kier molecular flexibility index (Phi) is 11.4. The third kappa shape index (κ3) is 7.90. The zero-order valence-corrected chi connectivity index (χ0v) is 24.4. The van der Waals surface area contributed by atoms with Gasteiger partial charge >= 0.3 is 0 Å². The molecule has 3 N–H and O–H groups in total. The molecule has 2 aromatic heterocycles. The van der Waals surface area contributed by atoms with Gasteiger partial charge in [-0.2, -0.15) is 0 Å². The second-order valence-electron chi connectivity index (χ2n) is 9.04. The van der Waals surface area contributed by atoms with E-state index in [0.29, 0.717) is 50.0 Å². The van der Waals surface area contributed by atoms with Gasteiger partial charge in [0.25, 0.3) is 11.8 Å². The van der Waals surface area contributed by atoms with Crippen molar-refractivity contribution in [2.45, 2.75) is 20.3 Å². The van der Waals surface area contributed by atoms with Crippen molar-refractivity contribution in [2.75, 3.05) is 45.1 Å². The first-order chi connectivity index (χ1) is 20.4. The lowest BCUT2D eigenvalue weighted by molar-refractivity contribution is -0.237. The summed E-state index contributed by atoms with van der Waals surface area (Å²) in [5.74, 6) is -0.447. The van der Waals surface area contributed by atoms with Gasteiger partial charge in [0.2, 0.25) is 5.89 Å². The molecule has 0 radical (unpaired) electrons. The van der Waals surface area contributed by atoms with Crippen LogP contribution in [0.25, 0.3) is 34.3 Å². The molecule has 14 heteroatoms. The summed E-state index contributed by atoms with van der Waals surface area (Å²) in [6.07, 6.45) is 2.24. The van der Waals surface area contributed by atoms with Crippen molar-refractivity contribution in [3.05, 3.63) is 66.1 Å². The van der Waals surface area contributed by atoms with Gasteiger partial charge in [-0.25, -0.2) is 19.2 Å². The number of nitrogens with zero attached hydrogens (tertiary/aromatic N) is 6. The summed E-state index contributed by atoms with van der Waals surface area (Å²) in [6.45, 7) is 7.30. The SMILES string of the molecule is CCOO.CCOPN1CCCN(C(=O)c2ccc(-c3cnc(N)c(-c4nnc(-c5ccccc5)o4)n3)cc2F)CC1.[HH]. The molecular weight excluding hydrogens is 564 g/mol. The number of nitrogens with two attached hydrogens (primary N) is 1. The summed E-state index contributed by atoms with van der Waals surface area (Å²) in [6, 6.07) is 13.7. The van der Waals surface area contributed by atoms with Crippen LogP contribution in [-0.2, 0) is 9.41 Å².